The third-order valence-corrected chi connectivity index (χ3v) is 5.39. The van der Waals surface area contributed by atoms with Crippen LogP contribution in [0.4, 0.5) is 0 Å². The largest absolute Gasteiger partial charge is 0.321 e. The molecule has 0 bridgehead atoms. The maximum absolute atomic E-state index is 6.28. The van der Waals surface area contributed by atoms with Crippen LogP contribution in [0, 0.1) is 13.8 Å². The van der Waals surface area contributed by atoms with Crippen LogP contribution < -0.4 is 5.73 Å². The predicted molar refractivity (Wildman–Crippen MR) is 108 cm³/mol. The summed E-state index contributed by atoms with van der Waals surface area (Å²) < 4.78 is 2.16. The molecule has 0 fully saturated rings. The Bertz CT molecular complexity index is 837. The van der Waals surface area contributed by atoms with E-state index in [0.717, 1.165) is 29.7 Å². The van der Waals surface area contributed by atoms with Crippen LogP contribution in [0.2, 0.25) is 0 Å². The van der Waals surface area contributed by atoms with Crippen LogP contribution in [0.15, 0.2) is 53.7 Å². The summed E-state index contributed by atoms with van der Waals surface area (Å²) in [6, 6.07) is 17.0. The number of rotatable bonds is 7. The minimum Gasteiger partial charge on any atom is -0.321 e. The van der Waals surface area contributed by atoms with Crippen LogP contribution >= 0.6 is 11.8 Å². The van der Waals surface area contributed by atoms with Crippen molar-refractivity contribution in [2.75, 3.05) is 0 Å². The van der Waals surface area contributed by atoms with E-state index in [1.54, 1.807) is 11.8 Å². The number of benzene rings is 2. The summed E-state index contributed by atoms with van der Waals surface area (Å²) in [7, 11) is 0. The Morgan fingerprint density at radius 3 is 2.35 bits per heavy atom. The monoisotopic (exact) mass is 366 g/mol. The molecule has 0 spiro atoms. The molecular formula is C21H26N4S. The molecule has 3 rings (SSSR count). The number of hydrogen-bond acceptors (Lipinski definition) is 4. The van der Waals surface area contributed by atoms with Crippen molar-refractivity contribution >= 4 is 11.8 Å². The topological polar surface area (TPSA) is 56.7 Å². The zero-order valence-corrected chi connectivity index (χ0v) is 16.5. The van der Waals surface area contributed by atoms with Crippen molar-refractivity contribution in [2.45, 2.75) is 50.7 Å². The first-order valence-corrected chi connectivity index (χ1v) is 9.98. The summed E-state index contributed by atoms with van der Waals surface area (Å²) in [5, 5.41) is 9.76. The van der Waals surface area contributed by atoms with Gasteiger partial charge in [-0.05, 0) is 31.4 Å². The Morgan fingerprint density at radius 1 is 1.00 bits per heavy atom. The molecule has 0 saturated heterocycles. The highest BCUT2D eigenvalue weighted by molar-refractivity contribution is 7.98. The fraction of sp³-hybridized carbons (Fsp3) is 0.333. The first-order valence-electron chi connectivity index (χ1n) is 8.99. The molecule has 1 heterocycles. The van der Waals surface area contributed by atoms with E-state index in [1.165, 1.54) is 22.3 Å². The SMILES string of the molecule is CCC(N)c1nnc(SCc2cc(C)cc(C)c2)n1Cc1ccccc1. The standard InChI is InChI=1S/C21H26N4S/c1-4-19(22)20-23-24-21(25(20)13-17-8-6-5-7-9-17)26-14-18-11-15(2)10-16(3)12-18/h5-12,19H,4,13-14,22H2,1-3H3. The van der Waals surface area contributed by atoms with Crippen LogP contribution in [0.1, 0.15) is 47.5 Å². The Balaban J connectivity index is 1.85. The molecule has 0 aliphatic rings. The molecule has 0 radical (unpaired) electrons. The van der Waals surface area contributed by atoms with Gasteiger partial charge in [-0.2, -0.15) is 0 Å². The molecule has 0 aliphatic carbocycles. The van der Waals surface area contributed by atoms with Gasteiger partial charge in [-0.15, -0.1) is 10.2 Å². The van der Waals surface area contributed by atoms with Gasteiger partial charge in [0.15, 0.2) is 11.0 Å². The van der Waals surface area contributed by atoms with Gasteiger partial charge in [0.2, 0.25) is 0 Å². The van der Waals surface area contributed by atoms with E-state index < -0.39 is 0 Å². The summed E-state index contributed by atoms with van der Waals surface area (Å²) in [6.07, 6.45) is 0.842. The summed E-state index contributed by atoms with van der Waals surface area (Å²) in [5.74, 6) is 1.73. The van der Waals surface area contributed by atoms with Crippen LogP contribution in [-0.4, -0.2) is 14.8 Å². The summed E-state index contributed by atoms with van der Waals surface area (Å²) in [6.45, 7) is 7.09. The number of thioether (sulfide) groups is 1. The highest BCUT2D eigenvalue weighted by Gasteiger charge is 2.17. The molecule has 2 N–H and O–H groups in total. The number of nitrogens with zero attached hydrogens (tertiary/aromatic N) is 3. The van der Waals surface area contributed by atoms with E-state index in [-0.39, 0.29) is 6.04 Å². The minimum absolute atomic E-state index is 0.0956. The van der Waals surface area contributed by atoms with Crippen molar-refractivity contribution in [3.63, 3.8) is 0 Å². The third kappa shape index (κ3) is 4.54. The van der Waals surface area contributed by atoms with Gasteiger partial charge in [0.05, 0.1) is 12.6 Å². The Hall–Kier alpha value is -2.11. The smallest absolute Gasteiger partial charge is 0.191 e. The lowest BCUT2D eigenvalue weighted by molar-refractivity contribution is 0.578. The van der Waals surface area contributed by atoms with Crippen molar-refractivity contribution in [1.29, 1.82) is 0 Å². The van der Waals surface area contributed by atoms with Gasteiger partial charge in [0.25, 0.3) is 0 Å². The third-order valence-electron chi connectivity index (χ3n) is 4.35. The molecule has 4 nitrogen and oxygen atoms in total. The maximum atomic E-state index is 6.28. The van der Waals surface area contributed by atoms with Crippen LogP contribution in [-0.2, 0) is 12.3 Å². The molecule has 0 saturated carbocycles. The van der Waals surface area contributed by atoms with E-state index in [0.29, 0.717) is 0 Å². The molecule has 0 amide bonds. The molecule has 3 aromatic rings. The highest BCUT2D eigenvalue weighted by atomic mass is 32.2. The Labute approximate surface area is 159 Å². The van der Waals surface area contributed by atoms with Crippen LogP contribution in [0.5, 0.6) is 0 Å². The van der Waals surface area contributed by atoms with Gasteiger partial charge in [-0.1, -0.05) is 78.3 Å². The highest BCUT2D eigenvalue weighted by Crippen LogP contribution is 2.26. The molecule has 0 aliphatic heterocycles. The van der Waals surface area contributed by atoms with Gasteiger partial charge < -0.3 is 10.3 Å². The molecule has 5 heteroatoms. The molecule has 1 atom stereocenters. The summed E-state index contributed by atoms with van der Waals surface area (Å²) in [4.78, 5) is 0. The van der Waals surface area contributed by atoms with Crippen molar-refractivity contribution in [3.8, 4) is 0 Å². The van der Waals surface area contributed by atoms with E-state index >= 15 is 0 Å². The van der Waals surface area contributed by atoms with Gasteiger partial charge in [-0.3, -0.25) is 0 Å². The number of nitrogens with two attached hydrogens (primary N) is 1. The lowest BCUT2D eigenvalue weighted by Crippen LogP contribution is -2.17. The lowest BCUT2D eigenvalue weighted by atomic mass is 10.1. The maximum Gasteiger partial charge on any atom is 0.191 e. The average Bonchev–Trinajstić information content (AvgIpc) is 3.02. The van der Waals surface area contributed by atoms with Gasteiger partial charge in [0, 0.05) is 5.75 Å². The second-order valence-electron chi connectivity index (χ2n) is 6.71. The summed E-state index contributed by atoms with van der Waals surface area (Å²) in [5.41, 5.74) is 11.4. The second-order valence-corrected chi connectivity index (χ2v) is 7.65. The average molecular weight is 367 g/mol. The zero-order valence-electron chi connectivity index (χ0n) is 15.6. The number of aromatic nitrogens is 3. The zero-order chi connectivity index (χ0) is 18.5. The van der Waals surface area contributed by atoms with Crippen LogP contribution in [0.3, 0.4) is 0 Å². The second kappa shape index (κ2) is 8.52. The van der Waals surface area contributed by atoms with Gasteiger partial charge >= 0.3 is 0 Å². The first-order chi connectivity index (χ1) is 12.6. The lowest BCUT2D eigenvalue weighted by Gasteiger charge is -2.14. The molecular weight excluding hydrogens is 340 g/mol. The molecule has 1 aromatic heterocycles. The number of aryl methyl sites for hydroxylation is 2. The normalized spacial score (nSPS) is 12.3. The first kappa shape index (κ1) is 18.7. The Kier molecular flexibility index (Phi) is 6.12. The van der Waals surface area contributed by atoms with Crippen molar-refractivity contribution in [3.05, 3.63) is 76.6 Å². The van der Waals surface area contributed by atoms with Gasteiger partial charge in [0.1, 0.15) is 0 Å². The van der Waals surface area contributed by atoms with E-state index in [1.807, 2.05) is 6.07 Å². The van der Waals surface area contributed by atoms with E-state index in [9.17, 15) is 0 Å². The van der Waals surface area contributed by atoms with Crippen molar-refractivity contribution in [2.24, 2.45) is 5.73 Å². The minimum atomic E-state index is -0.0956. The molecule has 26 heavy (non-hydrogen) atoms. The Morgan fingerprint density at radius 2 is 1.69 bits per heavy atom. The quantitative estimate of drug-likeness (QED) is 0.619. The molecule has 2 aromatic carbocycles. The van der Waals surface area contributed by atoms with Crippen molar-refractivity contribution in [1.82, 2.24) is 14.8 Å². The fourth-order valence-electron chi connectivity index (χ4n) is 3.08. The van der Waals surface area contributed by atoms with Crippen LogP contribution in [0.25, 0.3) is 0 Å². The molecule has 1 unspecified atom stereocenters. The van der Waals surface area contributed by atoms with Crippen molar-refractivity contribution < 1.29 is 0 Å². The predicted octanol–water partition coefficient (Wildman–Crippen LogP) is 4.65. The molecule has 136 valence electrons. The number of hydrogen-bond donors (Lipinski definition) is 1. The van der Waals surface area contributed by atoms with Gasteiger partial charge in [-0.25, -0.2) is 0 Å². The fourth-order valence-corrected chi connectivity index (χ4v) is 3.95. The van der Waals surface area contributed by atoms with E-state index in [4.69, 9.17) is 5.73 Å². The van der Waals surface area contributed by atoms with E-state index in [2.05, 4.69) is 78.0 Å². The summed E-state index contributed by atoms with van der Waals surface area (Å²) >= 11 is 1.72.